The lowest BCUT2D eigenvalue weighted by molar-refractivity contribution is 0.354. The Morgan fingerprint density at radius 2 is 0.967 bits per heavy atom. The van der Waals surface area contributed by atoms with Gasteiger partial charge in [0.1, 0.15) is 0 Å². The zero-order valence-corrected chi connectivity index (χ0v) is 17.9. The third kappa shape index (κ3) is 3.81. The molecule has 4 rings (SSSR count). The van der Waals surface area contributed by atoms with Crippen molar-refractivity contribution in [3.05, 3.63) is 126 Å². The van der Waals surface area contributed by atoms with Crippen molar-refractivity contribution >= 4 is 11.8 Å². The van der Waals surface area contributed by atoms with E-state index >= 15 is 0 Å². The normalized spacial score (nSPS) is 11.1. The number of methoxy groups -OCH3 is 2. The van der Waals surface area contributed by atoms with E-state index in [9.17, 15) is 0 Å². The Hall–Kier alpha value is -3.17. The molecule has 0 unspecified atom stereocenters. The molecule has 0 aliphatic carbocycles. The molecule has 30 heavy (non-hydrogen) atoms. The number of ether oxygens (including phenoxy) is 2. The van der Waals surface area contributed by atoms with Crippen LogP contribution in [-0.2, 0) is 4.75 Å². The lowest BCUT2D eigenvalue weighted by Crippen LogP contribution is -2.25. The number of hydrogen-bond donors (Lipinski definition) is 0. The third-order valence-electron chi connectivity index (χ3n) is 5.17. The molecule has 0 heterocycles. The van der Waals surface area contributed by atoms with Crippen molar-refractivity contribution in [2.75, 3.05) is 14.2 Å². The summed E-state index contributed by atoms with van der Waals surface area (Å²) in [6, 6.07) is 38.1. The number of hydrogen-bond acceptors (Lipinski definition) is 3. The Kier molecular flexibility index (Phi) is 6.10. The van der Waals surface area contributed by atoms with Crippen LogP contribution in [0.1, 0.15) is 16.7 Å². The first-order valence-corrected chi connectivity index (χ1v) is 10.7. The summed E-state index contributed by atoms with van der Waals surface area (Å²) in [6.07, 6.45) is 0. The molecule has 3 heteroatoms. The van der Waals surface area contributed by atoms with Gasteiger partial charge in [-0.05, 0) is 34.9 Å². The van der Waals surface area contributed by atoms with Crippen molar-refractivity contribution in [2.24, 2.45) is 0 Å². The average molecular weight is 413 g/mol. The van der Waals surface area contributed by atoms with Crippen LogP contribution in [0.3, 0.4) is 0 Å². The van der Waals surface area contributed by atoms with Gasteiger partial charge in [0.2, 0.25) is 0 Å². The van der Waals surface area contributed by atoms with E-state index in [0.29, 0.717) is 0 Å². The van der Waals surface area contributed by atoms with Crippen molar-refractivity contribution in [3.63, 3.8) is 0 Å². The first-order valence-electron chi connectivity index (χ1n) is 9.85. The molecule has 0 amide bonds. The molecule has 0 saturated heterocycles. The quantitative estimate of drug-likeness (QED) is 0.246. The maximum atomic E-state index is 5.57. The van der Waals surface area contributed by atoms with Crippen LogP contribution in [0.5, 0.6) is 11.5 Å². The highest BCUT2D eigenvalue weighted by molar-refractivity contribution is 8.00. The Labute approximate surface area is 182 Å². The highest BCUT2D eigenvalue weighted by atomic mass is 32.2. The maximum absolute atomic E-state index is 5.57. The Balaban J connectivity index is 1.96. The monoisotopic (exact) mass is 412 g/mol. The van der Waals surface area contributed by atoms with Gasteiger partial charge in [0.15, 0.2) is 11.5 Å². The van der Waals surface area contributed by atoms with Crippen LogP contribution in [-0.4, -0.2) is 14.2 Å². The molecule has 0 N–H and O–H groups in total. The van der Waals surface area contributed by atoms with Gasteiger partial charge in [-0.15, -0.1) is 11.8 Å². The number of thioether (sulfide) groups is 1. The minimum atomic E-state index is -0.413. The molecule has 0 atom stereocenters. The fourth-order valence-electron chi connectivity index (χ4n) is 3.75. The van der Waals surface area contributed by atoms with E-state index in [2.05, 4.69) is 97.1 Å². The molecule has 0 saturated carbocycles. The van der Waals surface area contributed by atoms with Gasteiger partial charge in [0.25, 0.3) is 0 Å². The molecule has 0 aromatic heterocycles. The average Bonchev–Trinajstić information content (AvgIpc) is 2.84. The van der Waals surface area contributed by atoms with Crippen molar-refractivity contribution in [1.82, 2.24) is 0 Å². The molecule has 0 bridgehead atoms. The van der Waals surface area contributed by atoms with Gasteiger partial charge < -0.3 is 9.47 Å². The van der Waals surface area contributed by atoms with E-state index in [1.807, 2.05) is 23.9 Å². The summed E-state index contributed by atoms with van der Waals surface area (Å²) in [5.74, 6) is 1.46. The molecule has 0 aliphatic heterocycles. The molecular weight excluding hydrogens is 388 g/mol. The van der Waals surface area contributed by atoms with E-state index in [1.165, 1.54) is 16.7 Å². The van der Waals surface area contributed by atoms with Gasteiger partial charge in [-0.2, -0.15) is 0 Å². The SMILES string of the molecule is COc1ccc(SC(c2ccccc2)(c2ccccc2)c2ccccc2)cc1OC. The van der Waals surface area contributed by atoms with Crippen molar-refractivity contribution < 1.29 is 9.47 Å². The van der Waals surface area contributed by atoms with E-state index in [0.717, 1.165) is 16.4 Å². The first kappa shape index (κ1) is 20.1. The number of rotatable bonds is 7. The lowest BCUT2D eigenvalue weighted by atomic mass is 9.84. The molecular formula is C27H24O2S. The molecule has 0 aliphatic rings. The minimum absolute atomic E-state index is 0.413. The molecule has 2 nitrogen and oxygen atoms in total. The summed E-state index contributed by atoms with van der Waals surface area (Å²) < 4.78 is 10.6. The van der Waals surface area contributed by atoms with Gasteiger partial charge in [-0.1, -0.05) is 91.0 Å². The fraction of sp³-hybridized carbons (Fsp3) is 0.111. The Morgan fingerprint density at radius 3 is 1.37 bits per heavy atom. The Morgan fingerprint density at radius 1 is 0.533 bits per heavy atom. The second kappa shape index (κ2) is 9.10. The van der Waals surface area contributed by atoms with Crippen molar-refractivity contribution in [3.8, 4) is 11.5 Å². The third-order valence-corrected chi connectivity index (χ3v) is 6.67. The zero-order chi connectivity index (χ0) is 20.8. The van der Waals surface area contributed by atoms with Crippen molar-refractivity contribution in [2.45, 2.75) is 9.64 Å². The Bertz CT molecular complexity index is 983. The summed E-state index contributed by atoms with van der Waals surface area (Å²) in [5, 5.41) is 0. The fourth-order valence-corrected chi connectivity index (χ4v) is 5.17. The summed E-state index contributed by atoms with van der Waals surface area (Å²) in [7, 11) is 3.33. The summed E-state index contributed by atoms with van der Waals surface area (Å²) >= 11 is 1.81. The largest absolute Gasteiger partial charge is 0.493 e. The first-order chi connectivity index (χ1) is 14.8. The number of benzene rings is 4. The standard InChI is InChI=1S/C27H24O2S/c1-28-25-19-18-24(20-26(25)29-2)30-27(21-12-6-3-7-13-21,22-14-8-4-9-15-22)23-16-10-5-11-17-23/h3-20H,1-2H3. The predicted octanol–water partition coefficient (Wildman–Crippen LogP) is 6.79. The second-order valence-corrected chi connectivity index (χ2v) is 8.19. The van der Waals surface area contributed by atoms with E-state index < -0.39 is 4.75 Å². The lowest BCUT2D eigenvalue weighted by Gasteiger charge is -2.35. The van der Waals surface area contributed by atoms with Gasteiger partial charge in [-0.25, -0.2) is 0 Å². The summed E-state index contributed by atoms with van der Waals surface area (Å²) in [6.45, 7) is 0. The van der Waals surface area contributed by atoms with Gasteiger partial charge in [0.05, 0.1) is 19.0 Å². The molecule has 0 fully saturated rings. The highest BCUT2D eigenvalue weighted by Gasteiger charge is 2.37. The minimum Gasteiger partial charge on any atom is -0.493 e. The van der Waals surface area contributed by atoms with Gasteiger partial charge in [0, 0.05) is 4.90 Å². The maximum Gasteiger partial charge on any atom is 0.161 e. The van der Waals surface area contributed by atoms with E-state index in [1.54, 1.807) is 14.2 Å². The second-order valence-electron chi connectivity index (χ2n) is 6.90. The van der Waals surface area contributed by atoms with Crippen LogP contribution in [0, 0.1) is 0 Å². The smallest absolute Gasteiger partial charge is 0.161 e. The van der Waals surface area contributed by atoms with Gasteiger partial charge in [-0.3, -0.25) is 0 Å². The van der Waals surface area contributed by atoms with Gasteiger partial charge >= 0.3 is 0 Å². The summed E-state index contributed by atoms with van der Waals surface area (Å²) in [4.78, 5) is 1.10. The van der Waals surface area contributed by atoms with Crippen LogP contribution in [0.25, 0.3) is 0 Å². The highest BCUT2D eigenvalue weighted by Crippen LogP contribution is 2.52. The predicted molar refractivity (Wildman–Crippen MR) is 125 cm³/mol. The van der Waals surface area contributed by atoms with Crippen LogP contribution in [0.2, 0.25) is 0 Å². The van der Waals surface area contributed by atoms with Crippen LogP contribution in [0.4, 0.5) is 0 Å². The zero-order valence-electron chi connectivity index (χ0n) is 17.1. The van der Waals surface area contributed by atoms with Crippen LogP contribution < -0.4 is 9.47 Å². The summed E-state index contributed by atoms with van der Waals surface area (Å²) in [5.41, 5.74) is 3.67. The van der Waals surface area contributed by atoms with Crippen molar-refractivity contribution in [1.29, 1.82) is 0 Å². The molecule has 0 spiro atoms. The topological polar surface area (TPSA) is 18.5 Å². The molecule has 150 valence electrons. The molecule has 4 aromatic rings. The van der Waals surface area contributed by atoms with Crippen LogP contribution in [0.15, 0.2) is 114 Å². The van der Waals surface area contributed by atoms with E-state index in [4.69, 9.17) is 9.47 Å². The van der Waals surface area contributed by atoms with Crippen LogP contribution >= 0.6 is 11.8 Å². The molecule has 4 aromatic carbocycles. The van der Waals surface area contributed by atoms with E-state index in [-0.39, 0.29) is 0 Å². The molecule has 0 radical (unpaired) electrons.